The Morgan fingerprint density at radius 3 is 1.89 bits per heavy atom. The first-order chi connectivity index (χ1) is 13.1. The fourth-order valence-electron chi connectivity index (χ4n) is 3.51. The van der Waals surface area contributed by atoms with Gasteiger partial charge in [-0.2, -0.15) is 0 Å². The maximum absolute atomic E-state index is 13.6. The molecule has 0 spiro atoms. The molecule has 4 heteroatoms. The minimum Gasteiger partial charge on any atom is -0.369 e. The van der Waals surface area contributed by atoms with Gasteiger partial charge < -0.3 is 5.73 Å². The lowest BCUT2D eigenvalue weighted by molar-refractivity contribution is -0.130. The molecule has 134 valence electrons. The van der Waals surface area contributed by atoms with Gasteiger partial charge in [-0.1, -0.05) is 90.5 Å². The van der Waals surface area contributed by atoms with Gasteiger partial charge in [0.05, 0.1) is 6.54 Å². The largest absolute Gasteiger partial charge is 0.369 e. The molecule has 4 nitrogen and oxygen atoms in total. The average molecular weight is 355 g/mol. The third kappa shape index (κ3) is 2.89. The molecule has 0 aromatic heterocycles. The summed E-state index contributed by atoms with van der Waals surface area (Å²) >= 11 is 0. The van der Waals surface area contributed by atoms with Gasteiger partial charge in [0.15, 0.2) is 11.5 Å². The van der Waals surface area contributed by atoms with Gasteiger partial charge in [-0.25, -0.2) is 4.99 Å². The van der Waals surface area contributed by atoms with E-state index in [9.17, 15) is 4.79 Å². The van der Waals surface area contributed by atoms with Crippen LogP contribution in [0, 0.1) is 6.92 Å². The number of nitrogens with zero attached hydrogens (tertiary/aromatic N) is 2. The van der Waals surface area contributed by atoms with Gasteiger partial charge in [0, 0.05) is 0 Å². The van der Waals surface area contributed by atoms with E-state index in [-0.39, 0.29) is 11.9 Å². The number of carbonyl (C=O) groups is 1. The predicted molar refractivity (Wildman–Crippen MR) is 107 cm³/mol. The van der Waals surface area contributed by atoms with Crippen LogP contribution in [-0.4, -0.2) is 16.8 Å². The third-order valence-electron chi connectivity index (χ3n) is 4.96. The molecule has 3 aromatic rings. The van der Waals surface area contributed by atoms with Gasteiger partial charge in [0.1, 0.15) is 0 Å². The van der Waals surface area contributed by atoms with Crippen LogP contribution < -0.4 is 5.73 Å². The van der Waals surface area contributed by atoms with Crippen molar-refractivity contribution in [2.24, 2.45) is 10.7 Å². The Morgan fingerprint density at radius 2 is 1.37 bits per heavy atom. The Morgan fingerprint density at radius 1 is 0.852 bits per heavy atom. The molecule has 1 heterocycles. The molecule has 1 aliphatic rings. The number of benzene rings is 3. The van der Waals surface area contributed by atoms with Crippen molar-refractivity contribution in [2.75, 3.05) is 0 Å². The van der Waals surface area contributed by atoms with Crippen molar-refractivity contribution in [3.63, 3.8) is 0 Å². The topological polar surface area (TPSA) is 58.7 Å². The first-order valence-electron chi connectivity index (χ1n) is 8.95. The summed E-state index contributed by atoms with van der Waals surface area (Å²) in [6.07, 6.45) is 0. The van der Waals surface area contributed by atoms with Crippen LogP contribution in [0.5, 0.6) is 0 Å². The smallest absolute Gasteiger partial charge is 0.266 e. The monoisotopic (exact) mass is 355 g/mol. The summed E-state index contributed by atoms with van der Waals surface area (Å²) in [6, 6.07) is 27.3. The maximum Gasteiger partial charge on any atom is 0.266 e. The van der Waals surface area contributed by atoms with Gasteiger partial charge >= 0.3 is 0 Å². The van der Waals surface area contributed by atoms with Gasteiger partial charge in [-0.05, 0) is 23.6 Å². The van der Waals surface area contributed by atoms with Crippen molar-refractivity contribution in [3.05, 3.63) is 107 Å². The number of hydrogen-bond donors (Lipinski definition) is 1. The van der Waals surface area contributed by atoms with E-state index in [1.54, 1.807) is 4.90 Å². The molecular formula is C23H21N3O. The van der Waals surface area contributed by atoms with Crippen molar-refractivity contribution < 1.29 is 4.79 Å². The first kappa shape index (κ1) is 17.0. The van der Waals surface area contributed by atoms with E-state index in [0.29, 0.717) is 6.54 Å². The highest BCUT2D eigenvalue weighted by Gasteiger charge is 2.50. The van der Waals surface area contributed by atoms with Crippen LogP contribution in [0.25, 0.3) is 0 Å². The van der Waals surface area contributed by atoms with Crippen molar-refractivity contribution in [3.8, 4) is 0 Å². The average Bonchev–Trinajstić information content (AvgIpc) is 2.96. The van der Waals surface area contributed by atoms with Crippen LogP contribution >= 0.6 is 0 Å². The van der Waals surface area contributed by atoms with E-state index >= 15 is 0 Å². The Hall–Kier alpha value is -3.40. The van der Waals surface area contributed by atoms with Gasteiger partial charge in [0.25, 0.3) is 5.91 Å². The number of rotatable bonds is 4. The summed E-state index contributed by atoms with van der Waals surface area (Å²) in [4.78, 5) is 19.9. The zero-order valence-electron chi connectivity index (χ0n) is 15.2. The third-order valence-corrected chi connectivity index (χ3v) is 4.96. The fraction of sp³-hybridized carbons (Fsp3) is 0.130. The lowest BCUT2D eigenvalue weighted by Gasteiger charge is -2.27. The summed E-state index contributed by atoms with van der Waals surface area (Å²) in [6.45, 7) is 2.44. The van der Waals surface area contributed by atoms with Gasteiger partial charge in [-0.3, -0.25) is 9.69 Å². The molecule has 0 bridgehead atoms. The van der Waals surface area contributed by atoms with Gasteiger partial charge in [-0.15, -0.1) is 0 Å². The van der Waals surface area contributed by atoms with Crippen LogP contribution in [0.2, 0.25) is 0 Å². The first-order valence-corrected chi connectivity index (χ1v) is 8.95. The number of amides is 1. The SMILES string of the molecule is Cc1ccc(CN2C(=O)C(c3ccccc3)(c3ccccc3)N=C2N)cc1. The second kappa shape index (κ2) is 6.72. The molecule has 1 aliphatic heterocycles. The van der Waals surface area contributed by atoms with Crippen LogP contribution in [0.3, 0.4) is 0 Å². The quantitative estimate of drug-likeness (QED) is 0.777. The molecule has 0 aliphatic carbocycles. The summed E-state index contributed by atoms with van der Waals surface area (Å²) in [5.74, 6) is 0.117. The van der Waals surface area contributed by atoms with E-state index in [1.165, 1.54) is 5.56 Å². The second-order valence-electron chi connectivity index (χ2n) is 6.79. The summed E-state index contributed by atoms with van der Waals surface area (Å²) in [5, 5.41) is 0. The van der Waals surface area contributed by atoms with Crippen LogP contribution in [0.15, 0.2) is 89.9 Å². The lowest BCUT2D eigenvalue weighted by atomic mass is 9.83. The van der Waals surface area contributed by atoms with E-state index in [0.717, 1.165) is 16.7 Å². The Bertz CT molecular complexity index is 940. The summed E-state index contributed by atoms with van der Waals surface area (Å²) in [7, 11) is 0. The van der Waals surface area contributed by atoms with E-state index < -0.39 is 5.54 Å². The second-order valence-corrected chi connectivity index (χ2v) is 6.79. The van der Waals surface area contributed by atoms with Crippen molar-refractivity contribution in [1.82, 2.24) is 4.90 Å². The molecule has 0 fully saturated rings. The summed E-state index contributed by atoms with van der Waals surface area (Å²) < 4.78 is 0. The minimum absolute atomic E-state index is 0.127. The highest BCUT2D eigenvalue weighted by Crippen LogP contribution is 2.39. The number of nitrogens with two attached hydrogens (primary N) is 1. The van der Waals surface area contributed by atoms with Crippen LogP contribution in [-0.2, 0) is 16.9 Å². The lowest BCUT2D eigenvalue weighted by Crippen LogP contribution is -2.43. The number of aryl methyl sites for hydroxylation is 1. The molecule has 0 unspecified atom stereocenters. The Balaban J connectivity index is 1.79. The highest BCUT2D eigenvalue weighted by atomic mass is 16.2. The number of carbonyl (C=O) groups excluding carboxylic acids is 1. The molecule has 2 N–H and O–H groups in total. The van der Waals surface area contributed by atoms with Crippen LogP contribution in [0.4, 0.5) is 0 Å². The molecular weight excluding hydrogens is 334 g/mol. The number of guanidine groups is 1. The Kier molecular flexibility index (Phi) is 4.24. The zero-order valence-corrected chi connectivity index (χ0v) is 15.2. The molecule has 3 aromatic carbocycles. The summed E-state index contributed by atoms with van der Waals surface area (Å²) in [5.41, 5.74) is 8.94. The molecule has 0 radical (unpaired) electrons. The minimum atomic E-state index is -1.14. The fourth-order valence-corrected chi connectivity index (χ4v) is 3.51. The van der Waals surface area contributed by atoms with E-state index in [4.69, 9.17) is 10.7 Å². The molecule has 1 amide bonds. The zero-order chi connectivity index (χ0) is 18.9. The Labute approximate surface area is 159 Å². The van der Waals surface area contributed by atoms with Gasteiger partial charge in [0.2, 0.25) is 0 Å². The standard InChI is InChI=1S/C23H21N3O/c1-17-12-14-18(15-13-17)16-26-21(27)23(25-22(26)24,19-8-4-2-5-9-19)20-10-6-3-7-11-20/h2-15H,16H2,1H3,(H2,24,25). The van der Waals surface area contributed by atoms with Crippen LogP contribution in [0.1, 0.15) is 22.3 Å². The van der Waals surface area contributed by atoms with E-state index in [1.807, 2.05) is 91.9 Å². The molecule has 0 saturated heterocycles. The van der Waals surface area contributed by atoms with Crippen molar-refractivity contribution in [2.45, 2.75) is 19.0 Å². The maximum atomic E-state index is 13.6. The highest BCUT2D eigenvalue weighted by molar-refractivity contribution is 6.09. The molecule has 27 heavy (non-hydrogen) atoms. The normalized spacial score (nSPS) is 15.7. The van der Waals surface area contributed by atoms with E-state index in [2.05, 4.69) is 0 Å². The number of aliphatic imine (C=N–C) groups is 1. The molecule has 0 saturated carbocycles. The molecule has 4 rings (SSSR count). The molecule has 0 atom stereocenters. The van der Waals surface area contributed by atoms with Crippen molar-refractivity contribution in [1.29, 1.82) is 0 Å². The number of hydrogen-bond acceptors (Lipinski definition) is 3. The van der Waals surface area contributed by atoms with Crippen molar-refractivity contribution >= 4 is 11.9 Å². The predicted octanol–water partition coefficient (Wildman–Crippen LogP) is 3.60.